The Morgan fingerprint density at radius 3 is 2.59 bits per heavy atom. The van der Waals surface area contributed by atoms with E-state index in [2.05, 4.69) is 10.6 Å². The number of hydrogen-bond donors (Lipinski definition) is 2. The van der Waals surface area contributed by atoms with Gasteiger partial charge in [0.05, 0.1) is 6.54 Å². The fourth-order valence-electron chi connectivity index (χ4n) is 1.97. The fraction of sp³-hybridized carbons (Fsp3) is 0.176. The van der Waals surface area contributed by atoms with E-state index in [0.29, 0.717) is 10.6 Å². The zero-order valence-corrected chi connectivity index (χ0v) is 13.0. The quantitative estimate of drug-likeness (QED) is 0.889. The van der Waals surface area contributed by atoms with Crippen LogP contribution < -0.4 is 10.6 Å². The van der Waals surface area contributed by atoms with Gasteiger partial charge in [-0.3, -0.25) is 9.59 Å². The summed E-state index contributed by atoms with van der Waals surface area (Å²) in [5.41, 5.74) is 2.29. The third-order valence-corrected chi connectivity index (χ3v) is 3.35. The van der Waals surface area contributed by atoms with Gasteiger partial charge in [-0.1, -0.05) is 36.7 Å². The van der Waals surface area contributed by atoms with Crippen LogP contribution in [0, 0.1) is 0 Å². The van der Waals surface area contributed by atoms with Crippen molar-refractivity contribution < 1.29 is 9.59 Å². The fourth-order valence-corrected chi connectivity index (χ4v) is 2.16. The van der Waals surface area contributed by atoms with Crippen LogP contribution in [-0.2, 0) is 11.2 Å². The van der Waals surface area contributed by atoms with E-state index in [0.717, 1.165) is 17.7 Å². The minimum atomic E-state index is -0.333. The molecule has 0 aliphatic carbocycles. The monoisotopic (exact) mass is 316 g/mol. The highest BCUT2D eigenvalue weighted by Gasteiger charge is 2.08. The second kappa shape index (κ2) is 7.61. The van der Waals surface area contributed by atoms with Crippen LogP contribution in [0.5, 0.6) is 0 Å². The van der Waals surface area contributed by atoms with Gasteiger partial charge in [0.2, 0.25) is 5.91 Å². The summed E-state index contributed by atoms with van der Waals surface area (Å²) in [7, 11) is 0. The molecule has 22 heavy (non-hydrogen) atoms. The van der Waals surface area contributed by atoms with Gasteiger partial charge in [0.1, 0.15) is 0 Å². The molecule has 0 aromatic heterocycles. The second-order valence-electron chi connectivity index (χ2n) is 4.80. The van der Waals surface area contributed by atoms with E-state index in [-0.39, 0.29) is 18.4 Å². The largest absolute Gasteiger partial charge is 0.343 e. The minimum Gasteiger partial charge on any atom is -0.343 e. The van der Waals surface area contributed by atoms with Crippen molar-refractivity contribution in [3.05, 3.63) is 64.7 Å². The molecule has 0 saturated carbocycles. The van der Waals surface area contributed by atoms with E-state index >= 15 is 0 Å². The molecule has 0 aliphatic heterocycles. The molecule has 4 nitrogen and oxygen atoms in total. The predicted octanol–water partition coefficient (Wildman–Crippen LogP) is 3.27. The second-order valence-corrected chi connectivity index (χ2v) is 5.23. The zero-order valence-electron chi connectivity index (χ0n) is 12.2. The zero-order chi connectivity index (χ0) is 15.9. The molecule has 0 fully saturated rings. The summed E-state index contributed by atoms with van der Waals surface area (Å²) in [6.07, 6.45) is 0.898. The molecule has 114 valence electrons. The molecule has 2 N–H and O–H groups in total. The van der Waals surface area contributed by atoms with Gasteiger partial charge >= 0.3 is 0 Å². The van der Waals surface area contributed by atoms with Gasteiger partial charge in [-0.2, -0.15) is 0 Å². The molecule has 5 heteroatoms. The van der Waals surface area contributed by atoms with Crippen molar-refractivity contribution in [3.63, 3.8) is 0 Å². The van der Waals surface area contributed by atoms with Gasteiger partial charge in [0.15, 0.2) is 0 Å². The number of halogens is 1. The predicted molar refractivity (Wildman–Crippen MR) is 88.2 cm³/mol. The van der Waals surface area contributed by atoms with E-state index in [9.17, 15) is 9.59 Å². The maximum absolute atomic E-state index is 11.9. The first-order valence-corrected chi connectivity index (χ1v) is 7.39. The molecule has 0 saturated heterocycles. The van der Waals surface area contributed by atoms with Crippen LogP contribution >= 0.6 is 11.6 Å². The average Bonchev–Trinajstić information content (AvgIpc) is 2.52. The summed E-state index contributed by atoms with van der Waals surface area (Å²) in [5.74, 6) is -0.608. The molecule has 2 rings (SSSR count). The first-order valence-electron chi connectivity index (χ1n) is 7.01. The Labute approximate surface area is 134 Å². The molecule has 0 radical (unpaired) electrons. The Kier molecular flexibility index (Phi) is 5.55. The van der Waals surface area contributed by atoms with Crippen LogP contribution in [0.25, 0.3) is 0 Å². The highest BCUT2D eigenvalue weighted by Crippen LogP contribution is 2.11. The SMILES string of the molecule is CCc1cccc(NC(=O)CNC(=O)c2cccc(Cl)c2)c1. The molecule has 2 aromatic rings. The Bertz CT molecular complexity index is 686. The van der Waals surface area contributed by atoms with Crippen LogP contribution in [0.1, 0.15) is 22.8 Å². The Balaban J connectivity index is 1.88. The van der Waals surface area contributed by atoms with E-state index in [1.807, 2.05) is 31.2 Å². The van der Waals surface area contributed by atoms with Gasteiger partial charge in [-0.05, 0) is 42.3 Å². The maximum Gasteiger partial charge on any atom is 0.251 e. The summed E-state index contributed by atoms with van der Waals surface area (Å²) >= 11 is 5.83. The van der Waals surface area contributed by atoms with Gasteiger partial charge in [0, 0.05) is 16.3 Å². The standard InChI is InChI=1S/C17H17ClN2O2/c1-2-12-5-3-8-15(9-12)20-16(21)11-19-17(22)13-6-4-7-14(18)10-13/h3-10H,2,11H2,1H3,(H,19,22)(H,20,21). The van der Waals surface area contributed by atoms with E-state index < -0.39 is 0 Å². The van der Waals surface area contributed by atoms with Gasteiger partial charge < -0.3 is 10.6 Å². The van der Waals surface area contributed by atoms with Gasteiger partial charge in [0.25, 0.3) is 5.91 Å². The highest BCUT2D eigenvalue weighted by atomic mass is 35.5. The number of amides is 2. The third-order valence-electron chi connectivity index (χ3n) is 3.12. The number of carbonyl (C=O) groups excluding carboxylic acids is 2. The molecule has 2 aromatic carbocycles. The minimum absolute atomic E-state index is 0.0955. The van der Waals surface area contributed by atoms with Crippen LogP contribution in [0.3, 0.4) is 0 Å². The third kappa shape index (κ3) is 4.60. The van der Waals surface area contributed by atoms with Crippen molar-refractivity contribution in [1.29, 1.82) is 0 Å². The lowest BCUT2D eigenvalue weighted by Crippen LogP contribution is -2.32. The van der Waals surface area contributed by atoms with Crippen molar-refractivity contribution in [2.75, 3.05) is 11.9 Å². The maximum atomic E-state index is 11.9. The smallest absolute Gasteiger partial charge is 0.251 e. The normalized spacial score (nSPS) is 10.1. The Hall–Kier alpha value is -2.33. The van der Waals surface area contributed by atoms with Crippen molar-refractivity contribution in [2.45, 2.75) is 13.3 Å². The summed E-state index contributed by atoms with van der Waals surface area (Å²) in [6.45, 7) is 1.95. The number of nitrogens with one attached hydrogen (secondary N) is 2. The van der Waals surface area contributed by atoms with E-state index in [1.165, 1.54) is 0 Å². The van der Waals surface area contributed by atoms with Gasteiger partial charge in [-0.25, -0.2) is 0 Å². The Morgan fingerprint density at radius 1 is 1.09 bits per heavy atom. The van der Waals surface area contributed by atoms with Crippen molar-refractivity contribution in [1.82, 2.24) is 5.32 Å². The number of aryl methyl sites for hydroxylation is 1. The molecular weight excluding hydrogens is 300 g/mol. The summed E-state index contributed by atoms with van der Waals surface area (Å²) < 4.78 is 0. The average molecular weight is 317 g/mol. The molecule has 0 unspecified atom stereocenters. The van der Waals surface area contributed by atoms with Crippen molar-refractivity contribution >= 4 is 29.1 Å². The molecule has 0 aliphatic rings. The lowest BCUT2D eigenvalue weighted by molar-refractivity contribution is -0.115. The molecule has 0 bridgehead atoms. The number of rotatable bonds is 5. The summed E-state index contributed by atoms with van der Waals surface area (Å²) in [6, 6.07) is 14.2. The van der Waals surface area contributed by atoms with E-state index in [1.54, 1.807) is 24.3 Å². The molecule has 0 atom stereocenters. The van der Waals surface area contributed by atoms with Crippen molar-refractivity contribution in [3.8, 4) is 0 Å². The highest BCUT2D eigenvalue weighted by molar-refractivity contribution is 6.31. The number of hydrogen-bond acceptors (Lipinski definition) is 2. The number of carbonyl (C=O) groups is 2. The lowest BCUT2D eigenvalue weighted by atomic mass is 10.1. The number of benzene rings is 2. The van der Waals surface area contributed by atoms with Crippen LogP contribution in [0.15, 0.2) is 48.5 Å². The topological polar surface area (TPSA) is 58.2 Å². The van der Waals surface area contributed by atoms with Crippen LogP contribution in [-0.4, -0.2) is 18.4 Å². The molecule has 0 spiro atoms. The molecule has 0 heterocycles. The summed E-state index contributed by atoms with van der Waals surface area (Å²) in [4.78, 5) is 23.8. The van der Waals surface area contributed by atoms with E-state index in [4.69, 9.17) is 11.6 Å². The molecular formula is C17H17ClN2O2. The first-order chi connectivity index (χ1) is 10.6. The van der Waals surface area contributed by atoms with Crippen LogP contribution in [0.2, 0.25) is 5.02 Å². The Morgan fingerprint density at radius 2 is 1.86 bits per heavy atom. The van der Waals surface area contributed by atoms with Gasteiger partial charge in [-0.15, -0.1) is 0 Å². The van der Waals surface area contributed by atoms with Crippen molar-refractivity contribution in [2.24, 2.45) is 0 Å². The lowest BCUT2D eigenvalue weighted by Gasteiger charge is -2.08. The first kappa shape index (κ1) is 16.0. The summed E-state index contributed by atoms with van der Waals surface area (Å²) in [5, 5.41) is 5.80. The van der Waals surface area contributed by atoms with Crippen LogP contribution in [0.4, 0.5) is 5.69 Å². The molecule has 2 amide bonds. The number of anilines is 1.